The Morgan fingerprint density at radius 1 is 1.43 bits per heavy atom. The summed E-state index contributed by atoms with van der Waals surface area (Å²) >= 11 is 0. The Labute approximate surface area is 136 Å². The highest BCUT2D eigenvalue weighted by Crippen LogP contribution is 2.14. The van der Waals surface area contributed by atoms with Crippen molar-refractivity contribution in [1.82, 2.24) is 19.2 Å². The lowest BCUT2D eigenvalue weighted by atomic mass is 10.2. The van der Waals surface area contributed by atoms with Crippen LogP contribution in [-0.4, -0.2) is 71.0 Å². The summed E-state index contributed by atoms with van der Waals surface area (Å²) in [6, 6.07) is 4.05. The van der Waals surface area contributed by atoms with Crippen LogP contribution in [0.2, 0.25) is 0 Å². The minimum absolute atomic E-state index is 0.0151. The topological polar surface area (TPSA) is 50.1 Å². The molecule has 3 heterocycles. The number of fused-ring (bicyclic) bond motifs is 1. The van der Waals surface area contributed by atoms with E-state index in [1.165, 1.54) is 0 Å². The molecule has 2 aromatic rings. The summed E-state index contributed by atoms with van der Waals surface area (Å²) in [7, 11) is 1.86. The molecule has 1 atom stereocenters. The molecule has 0 radical (unpaired) electrons. The smallest absolute Gasteiger partial charge is 0.257 e. The normalized spacial score (nSPS) is 17.3. The zero-order valence-corrected chi connectivity index (χ0v) is 14.0. The van der Waals surface area contributed by atoms with Crippen molar-refractivity contribution in [3.63, 3.8) is 0 Å². The molecule has 6 nitrogen and oxygen atoms in total. The fourth-order valence-electron chi connectivity index (χ4n) is 3.12. The van der Waals surface area contributed by atoms with Crippen molar-refractivity contribution in [1.29, 1.82) is 0 Å². The fourth-order valence-corrected chi connectivity index (χ4v) is 3.12. The maximum atomic E-state index is 12.8. The van der Waals surface area contributed by atoms with Gasteiger partial charge in [-0.15, -0.1) is 0 Å². The molecule has 1 saturated heterocycles. The van der Waals surface area contributed by atoms with E-state index in [0.717, 1.165) is 37.6 Å². The summed E-state index contributed by atoms with van der Waals surface area (Å²) in [5, 5.41) is 0. The lowest BCUT2D eigenvalue weighted by Gasteiger charge is -2.34. The summed E-state index contributed by atoms with van der Waals surface area (Å²) < 4.78 is 7.29. The summed E-state index contributed by atoms with van der Waals surface area (Å²) in [6.45, 7) is 8.19. The highest BCUT2D eigenvalue weighted by molar-refractivity contribution is 5.99. The molecule has 124 valence electrons. The minimum atomic E-state index is 0.0151. The molecule has 0 saturated carbocycles. The molecular weight excluding hydrogens is 292 g/mol. The van der Waals surface area contributed by atoms with Crippen molar-refractivity contribution < 1.29 is 9.53 Å². The number of carbonyl (C=O) groups excluding carboxylic acids is 1. The molecule has 1 unspecified atom stereocenters. The number of pyridine rings is 1. The largest absolute Gasteiger partial charge is 0.379 e. The van der Waals surface area contributed by atoms with E-state index in [0.29, 0.717) is 18.2 Å². The second-order valence-corrected chi connectivity index (χ2v) is 6.22. The number of nitrogens with zero attached hydrogens (tertiary/aromatic N) is 4. The zero-order chi connectivity index (χ0) is 16.4. The maximum absolute atomic E-state index is 12.8. The number of morpholine rings is 1. The number of hydrogen-bond acceptors (Lipinski definition) is 4. The average Bonchev–Trinajstić information content (AvgIpc) is 2.95. The molecule has 1 fully saturated rings. The number of ether oxygens (including phenoxy) is 1. The number of amides is 1. The average molecular weight is 316 g/mol. The highest BCUT2D eigenvalue weighted by Gasteiger charge is 2.22. The summed E-state index contributed by atoms with van der Waals surface area (Å²) in [4.78, 5) is 21.4. The van der Waals surface area contributed by atoms with Crippen LogP contribution in [-0.2, 0) is 4.74 Å². The second kappa shape index (κ2) is 6.68. The van der Waals surface area contributed by atoms with E-state index in [2.05, 4.69) is 16.8 Å². The maximum Gasteiger partial charge on any atom is 0.257 e. The molecule has 2 aromatic heterocycles. The summed E-state index contributed by atoms with van der Waals surface area (Å²) in [5.41, 5.74) is 2.28. The first kappa shape index (κ1) is 16.0. The van der Waals surface area contributed by atoms with E-state index in [1.54, 1.807) is 4.90 Å². The van der Waals surface area contributed by atoms with Gasteiger partial charge in [0.2, 0.25) is 0 Å². The molecule has 1 aliphatic rings. The van der Waals surface area contributed by atoms with E-state index < -0.39 is 0 Å². The van der Waals surface area contributed by atoms with Gasteiger partial charge in [0.05, 0.1) is 24.5 Å². The molecule has 0 aliphatic carbocycles. The molecule has 1 amide bonds. The molecule has 6 heteroatoms. The van der Waals surface area contributed by atoms with Gasteiger partial charge < -0.3 is 14.0 Å². The first-order chi connectivity index (χ1) is 11.1. The van der Waals surface area contributed by atoms with Crippen molar-refractivity contribution in [3.8, 4) is 0 Å². The van der Waals surface area contributed by atoms with Gasteiger partial charge in [-0.3, -0.25) is 9.69 Å². The molecule has 0 bridgehead atoms. The third-order valence-electron chi connectivity index (χ3n) is 4.39. The van der Waals surface area contributed by atoms with Crippen molar-refractivity contribution in [3.05, 3.63) is 35.8 Å². The van der Waals surface area contributed by atoms with Crippen LogP contribution in [0.5, 0.6) is 0 Å². The van der Waals surface area contributed by atoms with Gasteiger partial charge in [-0.1, -0.05) is 0 Å². The van der Waals surface area contributed by atoms with Crippen molar-refractivity contribution in [2.24, 2.45) is 0 Å². The van der Waals surface area contributed by atoms with E-state index >= 15 is 0 Å². The zero-order valence-electron chi connectivity index (χ0n) is 14.0. The molecule has 3 rings (SSSR count). The van der Waals surface area contributed by atoms with Crippen LogP contribution < -0.4 is 0 Å². The van der Waals surface area contributed by atoms with E-state index in [-0.39, 0.29) is 5.91 Å². The predicted octanol–water partition coefficient (Wildman–Crippen LogP) is 1.44. The SMILES string of the molecule is Cc1cn2cccc(C(=O)N(C)CC(C)N3CCOCC3)c2n1. The number of likely N-dealkylation sites (N-methyl/N-ethyl adjacent to an activating group) is 1. The van der Waals surface area contributed by atoms with Crippen LogP contribution in [0.1, 0.15) is 23.0 Å². The van der Waals surface area contributed by atoms with E-state index in [9.17, 15) is 4.79 Å². The Hall–Kier alpha value is -1.92. The van der Waals surface area contributed by atoms with Gasteiger partial charge in [0, 0.05) is 45.1 Å². The van der Waals surface area contributed by atoms with Crippen LogP contribution in [0.4, 0.5) is 0 Å². The monoisotopic (exact) mass is 316 g/mol. The number of imidazole rings is 1. The number of aryl methyl sites for hydroxylation is 1. The number of rotatable bonds is 4. The lowest BCUT2D eigenvalue weighted by molar-refractivity contribution is 0.0142. The third kappa shape index (κ3) is 3.38. The molecule has 0 N–H and O–H groups in total. The standard InChI is InChI=1S/C17H24N4O2/c1-13-11-21-6-4-5-15(16(21)18-13)17(22)19(3)12-14(2)20-7-9-23-10-8-20/h4-6,11,14H,7-10,12H2,1-3H3. The van der Waals surface area contributed by atoms with Gasteiger partial charge in [0.1, 0.15) is 5.65 Å². The number of carbonyl (C=O) groups is 1. The summed E-state index contributed by atoms with van der Waals surface area (Å²) in [5.74, 6) is 0.0151. The first-order valence-corrected chi connectivity index (χ1v) is 8.08. The number of aromatic nitrogens is 2. The Kier molecular flexibility index (Phi) is 4.63. The van der Waals surface area contributed by atoms with Gasteiger partial charge in [0.15, 0.2) is 0 Å². The van der Waals surface area contributed by atoms with Crippen LogP contribution in [0.25, 0.3) is 5.65 Å². The van der Waals surface area contributed by atoms with Crippen molar-refractivity contribution in [2.75, 3.05) is 39.9 Å². The van der Waals surface area contributed by atoms with Gasteiger partial charge in [-0.05, 0) is 26.0 Å². The molecule has 0 spiro atoms. The van der Waals surface area contributed by atoms with Crippen molar-refractivity contribution >= 4 is 11.6 Å². The van der Waals surface area contributed by atoms with Crippen molar-refractivity contribution in [2.45, 2.75) is 19.9 Å². The molecule has 23 heavy (non-hydrogen) atoms. The van der Waals surface area contributed by atoms with Gasteiger partial charge >= 0.3 is 0 Å². The van der Waals surface area contributed by atoms with E-state index in [4.69, 9.17) is 4.74 Å². The third-order valence-corrected chi connectivity index (χ3v) is 4.39. The van der Waals surface area contributed by atoms with Crippen LogP contribution in [0, 0.1) is 6.92 Å². The number of hydrogen-bond donors (Lipinski definition) is 0. The quantitative estimate of drug-likeness (QED) is 0.856. The van der Waals surface area contributed by atoms with Gasteiger partial charge in [-0.25, -0.2) is 4.98 Å². The van der Waals surface area contributed by atoms with E-state index in [1.807, 2.05) is 42.9 Å². The second-order valence-electron chi connectivity index (χ2n) is 6.22. The Morgan fingerprint density at radius 2 is 2.17 bits per heavy atom. The molecule has 1 aliphatic heterocycles. The molecular formula is C17H24N4O2. The lowest BCUT2D eigenvalue weighted by Crippen LogP contribution is -2.47. The van der Waals surface area contributed by atoms with Crippen LogP contribution in [0.15, 0.2) is 24.5 Å². The van der Waals surface area contributed by atoms with Gasteiger partial charge in [0.25, 0.3) is 5.91 Å². The fraction of sp³-hybridized carbons (Fsp3) is 0.529. The Balaban J connectivity index is 1.73. The Bertz CT molecular complexity index is 691. The van der Waals surface area contributed by atoms with Crippen LogP contribution >= 0.6 is 0 Å². The first-order valence-electron chi connectivity index (χ1n) is 8.08. The predicted molar refractivity (Wildman–Crippen MR) is 88.7 cm³/mol. The summed E-state index contributed by atoms with van der Waals surface area (Å²) in [6.07, 6.45) is 3.85. The highest BCUT2D eigenvalue weighted by atomic mass is 16.5. The minimum Gasteiger partial charge on any atom is -0.379 e. The molecule has 0 aromatic carbocycles. The van der Waals surface area contributed by atoms with Crippen LogP contribution in [0.3, 0.4) is 0 Å². The Morgan fingerprint density at radius 3 is 2.91 bits per heavy atom. The van der Waals surface area contributed by atoms with Gasteiger partial charge in [-0.2, -0.15) is 0 Å².